The summed E-state index contributed by atoms with van der Waals surface area (Å²) >= 11 is 1.26. The van der Waals surface area contributed by atoms with Gasteiger partial charge in [0.05, 0.1) is 6.10 Å². The molecule has 0 aromatic carbocycles. The van der Waals surface area contributed by atoms with Crippen LogP contribution in [0.4, 0.5) is 0 Å². The molecule has 7 heteroatoms. The topological polar surface area (TPSA) is 121 Å². The van der Waals surface area contributed by atoms with Crippen LogP contribution < -0.4 is 5.73 Å². The van der Waals surface area contributed by atoms with Crippen LogP contribution in [0.2, 0.25) is 0 Å². The second-order valence-electron chi connectivity index (χ2n) is 7.00. The van der Waals surface area contributed by atoms with Crippen LogP contribution in [0.25, 0.3) is 0 Å². The van der Waals surface area contributed by atoms with Crippen LogP contribution in [0.15, 0.2) is 48.6 Å². The maximum Gasteiger partial charge on any atom is 0.321 e. The molecule has 0 fully saturated rings. The molecular weight excluding hydrogens is 402 g/mol. The Morgan fingerprint density at radius 1 is 1.00 bits per heavy atom. The molecule has 0 spiro atoms. The first-order valence-electron chi connectivity index (χ1n) is 10.5. The van der Waals surface area contributed by atoms with Gasteiger partial charge in [0.2, 0.25) is 0 Å². The number of thioether (sulfide) groups is 1. The molecule has 0 saturated heterocycles. The van der Waals surface area contributed by atoms with E-state index in [4.69, 9.17) is 15.9 Å². The van der Waals surface area contributed by atoms with Crippen molar-refractivity contribution in [2.24, 2.45) is 5.73 Å². The van der Waals surface area contributed by atoms with Gasteiger partial charge in [0.25, 0.3) is 0 Å². The number of unbranched alkanes of at least 4 members (excludes halogenated alkanes) is 3. The minimum Gasteiger partial charge on any atom is -0.481 e. The van der Waals surface area contributed by atoms with E-state index < -0.39 is 24.1 Å². The monoisotopic (exact) mass is 439 g/mol. The summed E-state index contributed by atoms with van der Waals surface area (Å²) in [5.74, 6) is -1.83. The van der Waals surface area contributed by atoms with Gasteiger partial charge in [0, 0.05) is 17.4 Å². The van der Waals surface area contributed by atoms with Crippen LogP contribution in [0.3, 0.4) is 0 Å². The van der Waals surface area contributed by atoms with Crippen molar-refractivity contribution in [3.8, 4) is 0 Å². The lowest BCUT2D eigenvalue weighted by atomic mass is 10.1. The van der Waals surface area contributed by atoms with Crippen molar-refractivity contribution in [2.75, 3.05) is 5.75 Å². The lowest BCUT2D eigenvalue weighted by Gasteiger charge is -2.20. The van der Waals surface area contributed by atoms with Crippen molar-refractivity contribution < 1.29 is 24.9 Å². The molecule has 5 N–H and O–H groups in total. The van der Waals surface area contributed by atoms with Crippen LogP contribution in [-0.2, 0) is 9.59 Å². The van der Waals surface area contributed by atoms with Crippen LogP contribution in [0.5, 0.6) is 0 Å². The molecule has 0 aliphatic heterocycles. The highest BCUT2D eigenvalue weighted by molar-refractivity contribution is 8.00. The number of aliphatic hydroxyl groups is 1. The number of aliphatic hydroxyl groups excluding tert-OH is 1. The molecule has 30 heavy (non-hydrogen) atoms. The van der Waals surface area contributed by atoms with Crippen molar-refractivity contribution in [1.82, 2.24) is 0 Å². The van der Waals surface area contributed by atoms with Gasteiger partial charge in [-0.05, 0) is 32.1 Å². The van der Waals surface area contributed by atoms with E-state index in [1.807, 2.05) is 18.2 Å². The Bertz CT molecular complexity index is 586. The lowest BCUT2D eigenvalue weighted by Crippen LogP contribution is -2.34. The summed E-state index contributed by atoms with van der Waals surface area (Å²) in [6, 6.07) is -1.01. The summed E-state index contributed by atoms with van der Waals surface area (Å²) in [5, 5.41) is 27.6. The zero-order valence-electron chi connectivity index (χ0n) is 17.9. The van der Waals surface area contributed by atoms with Crippen LogP contribution in [-0.4, -0.2) is 50.4 Å². The van der Waals surface area contributed by atoms with E-state index in [1.54, 1.807) is 12.2 Å². The van der Waals surface area contributed by atoms with Gasteiger partial charge in [-0.2, -0.15) is 0 Å². The Balaban J connectivity index is 4.51. The molecule has 0 amide bonds. The number of hydrogen-bond acceptors (Lipinski definition) is 5. The molecule has 6 nitrogen and oxygen atoms in total. The maximum atomic E-state index is 10.9. The zero-order chi connectivity index (χ0) is 22.6. The van der Waals surface area contributed by atoms with E-state index in [0.29, 0.717) is 12.8 Å². The molecule has 0 rings (SSSR count). The molecule has 0 heterocycles. The summed E-state index contributed by atoms with van der Waals surface area (Å²) in [6.07, 6.45) is 21.3. The minimum absolute atomic E-state index is 0.00938. The predicted molar refractivity (Wildman–Crippen MR) is 125 cm³/mol. The van der Waals surface area contributed by atoms with E-state index in [0.717, 1.165) is 12.8 Å². The summed E-state index contributed by atoms with van der Waals surface area (Å²) in [5.41, 5.74) is 5.54. The van der Waals surface area contributed by atoms with Crippen molar-refractivity contribution >= 4 is 23.7 Å². The number of nitrogens with two attached hydrogens (primary N) is 1. The Morgan fingerprint density at radius 2 is 1.73 bits per heavy atom. The molecule has 0 aromatic rings. The quantitative estimate of drug-likeness (QED) is 0.143. The predicted octanol–water partition coefficient (Wildman–Crippen LogP) is 4.31. The molecular formula is C23H37NO5S. The first-order chi connectivity index (χ1) is 14.4. The molecule has 0 saturated carbocycles. The summed E-state index contributed by atoms with van der Waals surface area (Å²) in [4.78, 5) is 21.5. The number of carboxylic acids is 2. The van der Waals surface area contributed by atoms with Gasteiger partial charge in [0.15, 0.2) is 0 Å². The van der Waals surface area contributed by atoms with Crippen LogP contribution in [0.1, 0.15) is 58.3 Å². The highest BCUT2D eigenvalue weighted by Gasteiger charge is 2.20. The fraction of sp³-hybridized carbons (Fsp3) is 0.565. The number of allylic oxidation sites excluding steroid dienone is 7. The van der Waals surface area contributed by atoms with Crippen molar-refractivity contribution in [1.29, 1.82) is 0 Å². The van der Waals surface area contributed by atoms with Gasteiger partial charge >= 0.3 is 11.9 Å². The SMILES string of the molecule is CCCCC/C=C/C/C=C/C=C/C=C/[C@@H](SC[C@H](N)C(=O)O)[C@H](O)CCCC(=O)O. The largest absolute Gasteiger partial charge is 0.481 e. The van der Waals surface area contributed by atoms with E-state index >= 15 is 0 Å². The first-order valence-corrected chi connectivity index (χ1v) is 11.6. The highest BCUT2D eigenvalue weighted by atomic mass is 32.2. The van der Waals surface area contributed by atoms with Gasteiger partial charge in [-0.25, -0.2) is 0 Å². The number of rotatable bonds is 18. The third-order valence-electron chi connectivity index (χ3n) is 4.24. The average molecular weight is 440 g/mol. The molecule has 0 aromatic heterocycles. The van der Waals surface area contributed by atoms with Crippen molar-refractivity contribution in [3.05, 3.63) is 48.6 Å². The number of aliphatic carboxylic acids is 2. The molecule has 0 aliphatic carbocycles. The summed E-state index contributed by atoms with van der Waals surface area (Å²) < 4.78 is 0. The van der Waals surface area contributed by atoms with Gasteiger partial charge in [-0.3, -0.25) is 9.59 Å². The number of carbonyl (C=O) groups is 2. The lowest BCUT2D eigenvalue weighted by molar-refractivity contribution is -0.138. The molecule has 0 aliphatic rings. The average Bonchev–Trinajstić information content (AvgIpc) is 2.70. The maximum absolute atomic E-state index is 10.9. The molecule has 170 valence electrons. The van der Waals surface area contributed by atoms with E-state index in [2.05, 4.69) is 25.2 Å². The van der Waals surface area contributed by atoms with E-state index in [9.17, 15) is 14.7 Å². The van der Waals surface area contributed by atoms with Crippen molar-refractivity contribution in [2.45, 2.75) is 75.7 Å². The Hall–Kier alpha value is -1.83. The highest BCUT2D eigenvalue weighted by Crippen LogP contribution is 2.21. The van der Waals surface area contributed by atoms with Crippen molar-refractivity contribution in [3.63, 3.8) is 0 Å². The standard InChI is InChI=1S/C23H37NO5S/c1-2-3-4-5-6-7-8-9-10-11-12-13-16-21(30-18-19(24)23(28)29)20(25)15-14-17-22(26)27/h6-7,9-13,16,19-21,25H,2-5,8,14-15,17-18,24H2,1H3,(H,26,27)(H,28,29)/b7-6+,10-9+,12-11+,16-13+/t19-,20+,21+/m0/s1. The first kappa shape index (κ1) is 28.2. The van der Waals surface area contributed by atoms with Gasteiger partial charge in [-0.1, -0.05) is 68.4 Å². The minimum atomic E-state index is -1.09. The molecule has 3 atom stereocenters. The molecule has 0 bridgehead atoms. The fourth-order valence-electron chi connectivity index (χ4n) is 2.47. The van der Waals surface area contributed by atoms with Gasteiger partial charge in [0.1, 0.15) is 6.04 Å². The van der Waals surface area contributed by atoms with Gasteiger partial charge in [-0.15, -0.1) is 11.8 Å². The van der Waals surface area contributed by atoms with E-state index in [-0.39, 0.29) is 17.4 Å². The Kier molecular flexibility index (Phi) is 18.0. The second-order valence-corrected chi connectivity index (χ2v) is 8.21. The second kappa shape index (κ2) is 19.2. The fourth-order valence-corrected chi connectivity index (χ4v) is 3.60. The Morgan fingerprint density at radius 3 is 2.40 bits per heavy atom. The normalized spacial score (nSPS) is 15.4. The van der Waals surface area contributed by atoms with Gasteiger partial charge < -0.3 is 21.1 Å². The molecule has 0 unspecified atom stereocenters. The summed E-state index contributed by atoms with van der Waals surface area (Å²) in [7, 11) is 0. The third kappa shape index (κ3) is 17.1. The number of hydrogen-bond donors (Lipinski definition) is 4. The smallest absolute Gasteiger partial charge is 0.321 e. The van der Waals surface area contributed by atoms with E-state index in [1.165, 1.54) is 31.0 Å². The zero-order valence-corrected chi connectivity index (χ0v) is 18.7. The number of carboxylic acid groups (broad SMARTS) is 2. The third-order valence-corrected chi connectivity index (χ3v) is 5.65. The Labute approximate surface area is 184 Å². The van der Waals surface area contributed by atoms with Crippen LogP contribution in [0, 0.1) is 0 Å². The molecule has 0 radical (unpaired) electrons. The van der Waals surface area contributed by atoms with Crippen LogP contribution >= 0.6 is 11.8 Å². The summed E-state index contributed by atoms with van der Waals surface area (Å²) in [6.45, 7) is 2.19.